The predicted molar refractivity (Wildman–Crippen MR) is 51.0 cm³/mol. The van der Waals surface area contributed by atoms with Crippen molar-refractivity contribution in [1.29, 1.82) is 0 Å². The maximum absolute atomic E-state index is 13.0. The van der Waals surface area contributed by atoms with Gasteiger partial charge in [0.2, 0.25) is 0 Å². The second-order valence-corrected chi connectivity index (χ2v) is 3.70. The van der Waals surface area contributed by atoms with Gasteiger partial charge in [-0.25, -0.2) is 4.39 Å². The Balaban J connectivity index is 2.60. The Morgan fingerprint density at radius 2 is 2.31 bits per heavy atom. The molecule has 0 aliphatic rings. The Morgan fingerprint density at radius 1 is 1.62 bits per heavy atom. The van der Waals surface area contributed by atoms with Crippen LogP contribution in [0.25, 0.3) is 0 Å². The van der Waals surface area contributed by atoms with Gasteiger partial charge in [0, 0.05) is 18.3 Å². The molecule has 0 radical (unpaired) electrons. The van der Waals surface area contributed by atoms with Gasteiger partial charge in [-0.2, -0.15) is 0 Å². The normalized spacial score (nSPS) is 11.4. The number of anilines is 1. The minimum atomic E-state index is -0.355. The molecule has 0 aliphatic carbocycles. The molecule has 3 nitrogen and oxygen atoms in total. The molecule has 0 atom stereocenters. The highest BCUT2D eigenvalue weighted by atomic mass is 19.1. The third kappa shape index (κ3) is 3.38. The van der Waals surface area contributed by atoms with Crippen LogP contribution in [0.5, 0.6) is 0 Å². The molecule has 0 fully saturated rings. The number of aromatic nitrogens is 1. The summed E-state index contributed by atoms with van der Waals surface area (Å²) in [5.74, 6) is -0.355. The first-order valence-corrected chi connectivity index (χ1v) is 4.11. The Morgan fingerprint density at radius 3 is 2.85 bits per heavy atom. The van der Waals surface area contributed by atoms with Crippen molar-refractivity contribution in [2.24, 2.45) is 5.73 Å². The van der Waals surface area contributed by atoms with E-state index in [0.29, 0.717) is 12.2 Å². The monoisotopic (exact) mass is 183 g/mol. The van der Waals surface area contributed by atoms with Crippen molar-refractivity contribution in [2.75, 3.05) is 11.9 Å². The van der Waals surface area contributed by atoms with E-state index in [1.807, 2.05) is 13.8 Å². The van der Waals surface area contributed by atoms with E-state index in [2.05, 4.69) is 10.3 Å². The third-order valence-electron chi connectivity index (χ3n) is 1.51. The van der Waals surface area contributed by atoms with Crippen LogP contribution in [0.2, 0.25) is 0 Å². The van der Waals surface area contributed by atoms with Crippen LogP contribution in [-0.2, 0) is 0 Å². The highest BCUT2D eigenvalue weighted by molar-refractivity contribution is 5.42. The summed E-state index contributed by atoms with van der Waals surface area (Å²) in [7, 11) is 0. The fourth-order valence-electron chi connectivity index (χ4n) is 0.842. The molecule has 4 heteroatoms. The van der Waals surface area contributed by atoms with E-state index < -0.39 is 0 Å². The van der Waals surface area contributed by atoms with Gasteiger partial charge in [0.25, 0.3) is 0 Å². The van der Waals surface area contributed by atoms with Gasteiger partial charge in [0.15, 0.2) is 5.82 Å². The van der Waals surface area contributed by atoms with Gasteiger partial charge in [-0.05, 0) is 19.9 Å². The van der Waals surface area contributed by atoms with Crippen molar-refractivity contribution in [3.8, 4) is 0 Å². The topological polar surface area (TPSA) is 50.9 Å². The lowest BCUT2D eigenvalue weighted by Gasteiger charge is -2.19. The molecule has 0 aromatic carbocycles. The highest BCUT2D eigenvalue weighted by Crippen LogP contribution is 2.11. The molecule has 0 amide bonds. The third-order valence-corrected chi connectivity index (χ3v) is 1.51. The highest BCUT2D eigenvalue weighted by Gasteiger charge is 2.10. The van der Waals surface area contributed by atoms with Crippen LogP contribution >= 0.6 is 0 Å². The zero-order valence-corrected chi connectivity index (χ0v) is 7.84. The molecule has 0 bridgehead atoms. The average molecular weight is 183 g/mol. The molecule has 13 heavy (non-hydrogen) atoms. The summed E-state index contributed by atoms with van der Waals surface area (Å²) >= 11 is 0. The minimum absolute atomic E-state index is 0.351. The molecule has 1 aromatic rings. The van der Waals surface area contributed by atoms with Crippen molar-refractivity contribution in [3.05, 3.63) is 24.3 Å². The fraction of sp³-hybridized carbons (Fsp3) is 0.444. The van der Waals surface area contributed by atoms with Gasteiger partial charge in [-0.3, -0.25) is 4.98 Å². The molecule has 0 unspecified atom stereocenters. The Labute approximate surface area is 77.2 Å². The van der Waals surface area contributed by atoms with Crippen LogP contribution in [0.1, 0.15) is 13.8 Å². The Bertz CT molecular complexity index is 280. The van der Waals surface area contributed by atoms with Crippen LogP contribution in [-0.4, -0.2) is 17.1 Å². The lowest BCUT2D eigenvalue weighted by molar-refractivity contribution is 0.545. The summed E-state index contributed by atoms with van der Waals surface area (Å²) in [4.78, 5) is 3.64. The van der Waals surface area contributed by atoms with Crippen LogP contribution in [0.15, 0.2) is 18.5 Å². The van der Waals surface area contributed by atoms with Crippen LogP contribution in [0.4, 0.5) is 10.1 Å². The molecule has 72 valence electrons. The second kappa shape index (κ2) is 3.70. The Hall–Kier alpha value is -1.16. The maximum atomic E-state index is 13.0. The molecule has 1 heterocycles. The summed E-state index contributed by atoms with van der Waals surface area (Å²) in [6.45, 7) is 4.27. The minimum Gasteiger partial charge on any atom is -0.381 e. The van der Waals surface area contributed by atoms with Gasteiger partial charge in [-0.1, -0.05) is 0 Å². The molecule has 0 saturated carbocycles. The van der Waals surface area contributed by atoms with Gasteiger partial charge >= 0.3 is 0 Å². The maximum Gasteiger partial charge on any atom is 0.164 e. The van der Waals surface area contributed by atoms with Crippen molar-refractivity contribution >= 4 is 5.69 Å². The first-order valence-electron chi connectivity index (χ1n) is 4.11. The summed E-state index contributed by atoms with van der Waals surface area (Å²) in [5.41, 5.74) is 5.82. The molecular formula is C9H14FN3. The summed E-state index contributed by atoms with van der Waals surface area (Å²) in [6, 6.07) is 1.58. The molecule has 1 aromatic heterocycles. The van der Waals surface area contributed by atoms with Gasteiger partial charge in [0.1, 0.15) is 0 Å². The zero-order valence-electron chi connectivity index (χ0n) is 7.84. The fourth-order valence-corrected chi connectivity index (χ4v) is 0.842. The summed E-state index contributed by atoms with van der Waals surface area (Å²) in [5, 5.41) is 2.91. The first-order chi connectivity index (χ1) is 5.99. The van der Waals surface area contributed by atoms with E-state index in [0.717, 1.165) is 0 Å². The van der Waals surface area contributed by atoms with Crippen molar-refractivity contribution < 1.29 is 4.39 Å². The van der Waals surface area contributed by atoms with Crippen molar-refractivity contribution in [1.82, 2.24) is 4.98 Å². The lowest BCUT2D eigenvalue weighted by Crippen LogP contribution is -2.39. The van der Waals surface area contributed by atoms with E-state index in [9.17, 15) is 4.39 Å². The molecule has 0 spiro atoms. The number of pyridine rings is 1. The van der Waals surface area contributed by atoms with Crippen molar-refractivity contribution in [2.45, 2.75) is 19.4 Å². The lowest BCUT2D eigenvalue weighted by atomic mass is 10.1. The smallest absolute Gasteiger partial charge is 0.164 e. The number of nitrogens with one attached hydrogen (secondary N) is 1. The zero-order chi connectivity index (χ0) is 9.90. The molecule has 3 N–H and O–H groups in total. The number of hydrogen-bond donors (Lipinski definition) is 2. The van der Waals surface area contributed by atoms with E-state index in [1.54, 1.807) is 6.07 Å². The van der Waals surface area contributed by atoms with Crippen LogP contribution in [0, 0.1) is 5.82 Å². The number of hydrogen-bond acceptors (Lipinski definition) is 3. The van der Waals surface area contributed by atoms with E-state index in [1.165, 1.54) is 12.4 Å². The summed E-state index contributed by atoms with van der Waals surface area (Å²) < 4.78 is 13.0. The second-order valence-electron chi connectivity index (χ2n) is 3.70. The SMILES string of the molecule is CC(C)(N)CNc1ccncc1F. The van der Waals surface area contributed by atoms with Crippen molar-refractivity contribution in [3.63, 3.8) is 0 Å². The predicted octanol–water partition coefficient (Wildman–Crippen LogP) is 1.37. The Kier molecular flexibility index (Phi) is 2.83. The van der Waals surface area contributed by atoms with Crippen LogP contribution < -0.4 is 11.1 Å². The van der Waals surface area contributed by atoms with E-state index >= 15 is 0 Å². The number of rotatable bonds is 3. The average Bonchev–Trinajstić information content (AvgIpc) is 2.01. The van der Waals surface area contributed by atoms with E-state index in [-0.39, 0.29) is 11.4 Å². The summed E-state index contributed by atoms with van der Waals surface area (Å²) in [6.07, 6.45) is 2.71. The van der Waals surface area contributed by atoms with Gasteiger partial charge in [0.05, 0.1) is 11.9 Å². The standard InChI is InChI=1S/C9H14FN3/c1-9(2,11)6-13-8-3-4-12-5-7(8)10/h3-5H,6,11H2,1-2H3,(H,12,13). The number of nitrogens with two attached hydrogens (primary N) is 1. The first kappa shape index (κ1) is 9.92. The van der Waals surface area contributed by atoms with Gasteiger partial charge < -0.3 is 11.1 Å². The molecule has 0 aliphatic heterocycles. The van der Waals surface area contributed by atoms with Gasteiger partial charge in [-0.15, -0.1) is 0 Å². The largest absolute Gasteiger partial charge is 0.381 e. The van der Waals surface area contributed by atoms with E-state index in [4.69, 9.17) is 5.73 Å². The molecular weight excluding hydrogens is 169 g/mol. The quantitative estimate of drug-likeness (QED) is 0.744. The number of halogens is 1. The molecule has 0 saturated heterocycles. The van der Waals surface area contributed by atoms with Crippen LogP contribution in [0.3, 0.4) is 0 Å². The number of nitrogens with zero attached hydrogens (tertiary/aromatic N) is 1. The molecule has 1 rings (SSSR count).